The predicted octanol–water partition coefficient (Wildman–Crippen LogP) is 2.48. The molecular formula is C13H14O2. The van der Waals surface area contributed by atoms with E-state index in [2.05, 4.69) is 0 Å². The number of carbonyl (C=O) groups excluding carboxylic acids is 2. The van der Waals surface area contributed by atoms with Gasteiger partial charge in [0.15, 0.2) is 5.78 Å². The van der Waals surface area contributed by atoms with Crippen LogP contribution in [0.4, 0.5) is 0 Å². The quantitative estimate of drug-likeness (QED) is 0.545. The summed E-state index contributed by atoms with van der Waals surface area (Å²) in [4.78, 5) is 23.7. The highest BCUT2D eigenvalue weighted by Crippen LogP contribution is 2.29. The maximum Gasteiger partial charge on any atom is 0.173 e. The molecule has 1 aromatic rings. The lowest BCUT2D eigenvalue weighted by Crippen LogP contribution is -2.21. The van der Waals surface area contributed by atoms with Crippen LogP contribution in [-0.2, 0) is 4.79 Å². The van der Waals surface area contributed by atoms with E-state index in [0.717, 1.165) is 6.42 Å². The number of rotatable bonds is 2. The standard InChI is InChI=1S/C13H14O2/c1-9-7-8-11(12(9)14)13(15)10-5-3-2-4-6-10/h2-6,9,11H,7-8H2,1H3. The number of carbonyl (C=O) groups is 2. The van der Waals surface area contributed by atoms with E-state index < -0.39 is 0 Å². The number of hydrogen-bond acceptors (Lipinski definition) is 2. The minimum atomic E-state index is -0.387. The molecule has 0 spiro atoms. The third-order valence-electron chi connectivity index (χ3n) is 3.09. The number of benzene rings is 1. The van der Waals surface area contributed by atoms with Crippen molar-refractivity contribution in [2.24, 2.45) is 11.8 Å². The van der Waals surface area contributed by atoms with Gasteiger partial charge in [-0.05, 0) is 12.8 Å². The van der Waals surface area contributed by atoms with E-state index in [4.69, 9.17) is 0 Å². The SMILES string of the molecule is CC1CCC(C(=O)c2ccccc2)C1=O. The van der Waals surface area contributed by atoms with Gasteiger partial charge in [0.2, 0.25) is 0 Å². The van der Waals surface area contributed by atoms with E-state index in [1.807, 2.05) is 25.1 Å². The third-order valence-corrected chi connectivity index (χ3v) is 3.09. The van der Waals surface area contributed by atoms with Gasteiger partial charge in [-0.2, -0.15) is 0 Å². The van der Waals surface area contributed by atoms with Crippen molar-refractivity contribution in [1.82, 2.24) is 0 Å². The van der Waals surface area contributed by atoms with E-state index in [1.54, 1.807) is 12.1 Å². The zero-order valence-electron chi connectivity index (χ0n) is 8.77. The summed E-state index contributed by atoms with van der Waals surface area (Å²) in [5, 5.41) is 0. The third kappa shape index (κ3) is 1.84. The summed E-state index contributed by atoms with van der Waals surface area (Å²) in [7, 11) is 0. The number of Topliss-reactive ketones (excluding diaryl/α,β-unsaturated/α-hetero) is 2. The van der Waals surface area contributed by atoms with Gasteiger partial charge in [-0.25, -0.2) is 0 Å². The second-order valence-corrected chi connectivity index (χ2v) is 4.16. The zero-order chi connectivity index (χ0) is 10.8. The summed E-state index contributed by atoms with van der Waals surface area (Å²) in [6, 6.07) is 9.08. The van der Waals surface area contributed by atoms with Gasteiger partial charge in [0.25, 0.3) is 0 Å². The lowest BCUT2D eigenvalue weighted by atomic mass is 9.94. The predicted molar refractivity (Wildman–Crippen MR) is 57.7 cm³/mol. The fourth-order valence-electron chi connectivity index (χ4n) is 2.11. The zero-order valence-corrected chi connectivity index (χ0v) is 8.77. The average Bonchev–Trinajstić information content (AvgIpc) is 2.60. The van der Waals surface area contributed by atoms with Gasteiger partial charge in [-0.1, -0.05) is 37.3 Å². The molecule has 2 nitrogen and oxygen atoms in total. The lowest BCUT2D eigenvalue weighted by Gasteiger charge is -2.07. The fraction of sp³-hybridized carbons (Fsp3) is 0.385. The molecular weight excluding hydrogens is 188 g/mol. The van der Waals surface area contributed by atoms with E-state index >= 15 is 0 Å². The first kappa shape index (κ1) is 10.1. The first-order valence-corrected chi connectivity index (χ1v) is 5.33. The molecule has 1 aromatic carbocycles. The Labute approximate surface area is 89.3 Å². The summed E-state index contributed by atoms with van der Waals surface area (Å²) in [6.45, 7) is 1.90. The highest BCUT2D eigenvalue weighted by Gasteiger charge is 2.36. The molecule has 2 atom stereocenters. The lowest BCUT2D eigenvalue weighted by molar-refractivity contribution is -0.122. The summed E-state index contributed by atoms with van der Waals surface area (Å²) >= 11 is 0. The van der Waals surface area contributed by atoms with E-state index in [9.17, 15) is 9.59 Å². The summed E-state index contributed by atoms with van der Waals surface area (Å²) in [5.74, 6) is -0.223. The molecule has 0 heterocycles. The van der Waals surface area contributed by atoms with Crippen molar-refractivity contribution in [1.29, 1.82) is 0 Å². The summed E-state index contributed by atoms with van der Waals surface area (Å²) in [6.07, 6.45) is 1.57. The highest BCUT2D eigenvalue weighted by molar-refractivity contribution is 6.12. The van der Waals surface area contributed by atoms with E-state index in [1.165, 1.54) is 0 Å². The Hall–Kier alpha value is -1.44. The van der Waals surface area contributed by atoms with Crippen LogP contribution in [0.3, 0.4) is 0 Å². The summed E-state index contributed by atoms with van der Waals surface area (Å²) < 4.78 is 0. The number of hydrogen-bond donors (Lipinski definition) is 0. The molecule has 1 fully saturated rings. The van der Waals surface area contributed by atoms with Crippen LogP contribution < -0.4 is 0 Å². The molecule has 0 aromatic heterocycles. The molecule has 1 aliphatic carbocycles. The van der Waals surface area contributed by atoms with Crippen molar-refractivity contribution in [3.63, 3.8) is 0 Å². The molecule has 1 saturated carbocycles. The Bertz CT molecular complexity index is 381. The smallest absolute Gasteiger partial charge is 0.173 e. The molecule has 0 amide bonds. The minimum absolute atomic E-state index is 0.00931. The minimum Gasteiger partial charge on any atom is -0.299 e. The molecule has 0 aliphatic heterocycles. The molecule has 2 heteroatoms. The van der Waals surface area contributed by atoms with E-state index in [-0.39, 0.29) is 23.4 Å². The molecule has 2 rings (SSSR count). The van der Waals surface area contributed by atoms with Crippen LogP contribution in [0, 0.1) is 11.8 Å². The monoisotopic (exact) mass is 202 g/mol. The van der Waals surface area contributed by atoms with Crippen molar-refractivity contribution in [2.75, 3.05) is 0 Å². The Morgan fingerprint density at radius 3 is 2.40 bits per heavy atom. The topological polar surface area (TPSA) is 34.1 Å². The van der Waals surface area contributed by atoms with Crippen molar-refractivity contribution in [3.8, 4) is 0 Å². The van der Waals surface area contributed by atoms with Crippen LogP contribution in [-0.4, -0.2) is 11.6 Å². The second kappa shape index (κ2) is 3.97. The van der Waals surface area contributed by atoms with Gasteiger partial charge in [-0.3, -0.25) is 9.59 Å². The van der Waals surface area contributed by atoms with Crippen LogP contribution in [0.1, 0.15) is 30.1 Å². The Kier molecular flexibility index (Phi) is 2.67. The molecule has 0 radical (unpaired) electrons. The van der Waals surface area contributed by atoms with Crippen LogP contribution in [0.15, 0.2) is 30.3 Å². The van der Waals surface area contributed by atoms with Crippen molar-refractivity contribution in [3.05, 3.63) is 35.9 Å². The number of ketones is 2. The summed E-state index contributed by atoms with van der Waals surface area (Å²) in [5.41, 5.74) is 0.657. The Morgan fingerprint density at radius 2 is 1.87 bits per heavy atom. The Balaban J connectivity index is 2.20. The fourth-order valence-corrected chi connectivity index (χ4v) is 2.11. The average molecular weight is 202 g/mol. The Morgan fingerprint density at radius 1 is 1.20 bits per heavy atom. The van der Waals surface area contributed by atoms with Crippen molar-refractivity contribution >= 4 is 11.6 Å². The first-order chi connectivity index (χ1) is 7.20. The molecule has 78 valence electrons. The van der Waals surface area contributed by atoms with Crippen LogP contribution in [0.25, 0.3) is 0 Å². The molecule has 0 bridgehead atoms. The maximum absolute atomic E-state index is 12.0. The van der Waals surface area contributed by atoms with Gasteiger partial charge >= 0.3 is 0 Å². The van der Waals surface area contributed by atoms with Gasteiger partial charge in [-0.15, -0.1) is 0 Å². The molecule has 1 aliphatic rings. The molecule has 0 saturated heterocycles. The van der Waals surface area contributed by atoms with Crippen LogP contribution in [0.5, 0.6) is 0 Å². The first-order valence-electron chi connectivity index (χ1n) is 5.33. The largest absolute Gasteiger partial charge is 0.299 e. The highest BCUT2D eigenvalue weighted by atomic mass is 16.2. The van der Waals surface area contributed by atoms with Crippen LogP contribution >= 0.6 is 0 Å². The molecule has 15 heavy (non-hydrogen) atoms. The normalized spacial score (nSPS) is 25.5. The van der Waals surface area contributed by atoms with Gasteiger partial charge in [0, 0.05) is 11.5 Å². The maximum atomic E-state index is 12.0. The van der Waals surface area contributed by atoms with Gasteiger partial charge in [0.1, 0.15) is 5.78 Å². The van der Waals surface area contributed by atoms with Gasteiger partial charge < -0.3 is 0 Å². The second-order valence-electron chi connectivity index (χ2n) is 4.16. The van der Waals surface area contributed by atoms with Crippen molar-refractivity contribution in [2.45, 2.75) is 19.8 Å². The molecule has 0 N–H and O–H groups in total. The molecule has 2 unspecified atom stereocenters. The van der Waals surface area contributed by atoms with Crippen molar-refractivity contribution < 1.29 is 9.59 Å². The van der Waals surface area contributed by atoms with E-state index in [0.29, 0.717) is 12.0 Å². The van der Waals surface area contributed by atoms with Crippen LogP contribution in [0.2, 0.25) is 0 Å². The van der Waals surface area contributed by atoms with Gasteiger partial charge in [0.05, 0.1) is 5.92 Å².